The van der Waals surface area contributed by atoms with Gasteiger partial charge in [0.15, 0.2) is 0 Å². The summed E-state index contributed by atoms with van der Waals surface area (Å²) in [6.45, 7) is 3.80. The summed E-state index contributed by atoms with van der Waals surface area (Å²) in [5, 5.41) is 0. The van der Waals surface area contributed by atoms with E-state index >= 15 is 0 Å². The van der Waals surface area contributed by atoms with Gasteiger partial charge in [0.05, 0.1) is 0 Å². The van der Waals surface area contributed by atoms with E-state index < -0.39 is 0 Å². The zero-order valence-corrected chi connectivity index (χ0v) is 6.05. The fraction of sp³-hybridized carbons (Fsp3) is 0.250. The summed E-state index contributed by atoms with van der Waals surface area (Å²) in [7, 11) is 0. The molecule has 0 aliphatic carbocycles. The summed E-state index contributed by atoms with van der Waals surface area (Å²) in [6, 6.07) is 1.89. The van der Waals surface area contributed by atoms with Crippen LogP contribution in [-0.4, -0.2) is 9.97 Å². The van der Waals surface area contributed by atoms with Crippen LogP contribution in [0.5, 0.6) is 0 Å². The van der Waals surface area contributed by atoms with Gasteiger partial charge in [0.2, 0.25) is 5.82 Å². The molecule has 2 heteroatoms. The Morgan fingerprint density at radius 3 is 2.20 bits per heavy atom. The van der Waals surface area contributed by atoms with E-state index in [2.05, 4.69) is 15.9 Å². The van der Waals surface area contributed by atoms with Crippen molar-refractivity contribution in [3.63, 3.8) is 0 Å². The van der Waals surface area contributed by atoms with Gasteiger partial charge in [-0.25, -0.2) is 9.97 Å². The second-order valence-corrected chi connectivity index (χ2v) is 2.12. The number of hydrogen-bond acceptors (Lipinski definition) is 2. The number of aromatic nitrogens is 2. The van der Waals surface area contributed by atoms with Crippen LogP contribution < -0.4 is 0 Å². The highest BCUT2D eigenvalue weighted by molar-refractivity contribution is 5.19. The lowest BCUT2D eigenvalue weighted by atomic mass is 10.3. The molecule has 0 atom stereocenters. The Balaban J connectivity index is 3.22. The first kappa shape index (κ1) is 6.76. The summed E-state index contributed by atoms with van der Waals surface area (Å²) in [5.41, 5.74) is 1.83. The molecule has 0 bridgehead atoms. The van der Waals surface area contributed by atoms with Crippen molar-refractivity contribution in [3.05, 3.63) is 23.3 Å². The first-order valence-electron chi connectivity index (χ1n) is 3.01. The Bertz CT molecular complexity index is 264. The van der Waals surface area contributed by atoms with Gasteiger partial charge in [0, 0.05) is 11.4 Å². The average Bonchev–Trinajstić information content (AvgIpc) is 1.85. The van der Waals surface area contributed by atoms with Gasteiger partial charge in [0.25, 0.3) is 0 Å². The maximum Gasteiger partial charge on any atom is 0.205 e. The van der Waals surface area contributed by atoms with E-state index in [1.54, 1.807) is 0 Å². The SMILES string of the molecule is C#Cc1nc(C)cc(C)n1. The number of hydrogen-bond donors (Lipinski definition) is 0. The highest BCUT2D eigenvalue weighted by Gasteiger charge is 1.92. The summed E-state index contributed by atoms with van der Waals surface area (Å²) in [5.74, 6) is 2.86. The molecule has 0 spiro atoms. The molecule has 0 saturated carbocycles. The van der Waals surface area contributed by atoms with Crippen molar-refractivity contribution in [3.8, 4) is 12.3 Å². The molecule has 0 unspecified atom stereocenters. The fourth-order valence-corrected chi connectivity index (χ4v) is 0.790. The summed E-state index contributed by atoms with van der Waals surface area (Å²) in [6.07, 6.45) is 5.11. The molecule has 0 N–H and O–H groups in total. The molecule has 1 rings (SSSR count). The van der Waals surface area contributed by atoms with Crippen LogP contribution in [0.1, 0.15) is 17.2 Å². The lowest BCUT2D eigenvalue weighted by Crippen LogP contribution is -1.93. The molecular weight excluding hydrogens is 124 g/mol. The minimum absolute atomic E-state index is 0.470. The third-order valence-electron chi connectivity index (χ3n) is 1.11. The van der Waals surface area contributed by atoms with Crippen molar-refractivity contribution < 1.29 is 0 Å². The van der Waals surface area contributed by atoms with Crippen LogP contribution in [0.2, 0.25) is 0 Å². The van der Waals surface area contributed by atoms with Crippen molar-refractivity contribution in [1.82, 2.24) is 9.97 Å². The summed E-state index contributed by atoms with van der Waals surface area (Å²) < 4.78 is 0. The molecule has 0 saturated heterocycles. The Morgan fingerprint density at radius 2 is 1.80 bits per heavy atom. The van der Waals surface area contributed by atoms with Crippen LogP contribution in [0, 0.1) is 26.2 Å². The lowest BCUT2D eigenvalue weighted by molar-refractivity contribution is 1.03. The molecule has 1 heterocycles. The van der Waals surface area contributed by atoms with Crippen LogP contribution in [0.15, 0.2) is 6.07 Å². The highest BCUT2D eigenvalue weighted by Crippen LogP contribution is 1.96. The van der Waals surface area contributed by atoms with Gasteiger partial charge in [-0.15, -0.1) is 6.42 Å². The normalized spacial score (nSPS) is 8.90. The van der Waals surface area contributed by atoms with Crippen molar-refractivity contribution in [2.45, 2.75) is 13.8 Å². The fourth-order valence-electron chi connectivity index (χ4n) is 0.790. The summed E-state index contributed by atoms with van der Waals surface area (Å²) in [4.78, 5) is 8.01. The maximum atomic E-state index is 5.11. The molecule has 10 heavy (non-hydrogen) atoms. The largest absolute Gasteiger partial charge is 0.226 e. The monoisotopic (exact) mass is 132 g/mol. The van der Waals surface area contributed by atoms with Gasteiger partial charge >= 0.3 is 0 Å². The number of aryl methyl sites for hydroxylation is 2. The predicted octanol–water partition coefficient (Wildman–Crippen LogP) is 1.07. The molecule has 2 nitrogen and oxygen atoms in total. The maximum absolute atomic E-state index is 5.11. The Hall–Kier alpha value is -1.36. The molecule has 0 aliphatic heterocycles. The van der Waals surface area contributed by atoms with Crippen molar-refractivity contribution >= 4 is 0 Å². The van der Waals surface area contributed by atoms with Gasteiger partial charge < -0.3 is 0 Å². The molecule has 1 aromatic rings. The zero-order chi connectivity index (χ0) is 7.56. The molecule has 50 valence electrons. The second kappa shape index (κ2) is 2.49. The van der Waals surface area contributed by atoms with Gasteiger partial charge in [-0.3, -0.25) is 0 Å². The lowest BCUT2D eigenvalue weighted by Gasteiger charge is -1.94. The van der Waals surface area contributed by atoms with E-state index in [-0.39, 0.29) is 0 Å². The van der Waals surface area contributed by atoms with Crippen molar-refractivity contribution in [1.29, 1.82) is 0 Å². The molecule has 0 radical (unpaired) electrons. The predicted molar refractivity (Wildman–Crippen MR) is 39.4 cm³/mol. The van der Waals surface area contributed by atoms with E-state index in [9.17, 15) is 0 Å². The van der Waals surface area contributed by atoms with Gasteiger partial charge in [-0.1, -0.05) is 0 Å². The number of rotatable bonds is 0. The Labute approximate surface area is 60.3 Å². The van der Waals surface area contributed by atoms with E-state index in [0.29, 0.717) is 5.82 Å². The first-order valence-corrected chi connectivity index (χ1v) is 3.01. The zero-order valence-electron chi connectivity index (χ0n) is 6.05. The quantitative estimate of drug-likeness (QED) is 0.493. The summed E-state index contributed by atoms with van der Waals surface area (Å²) >= 11 is 0. The van der Waals surface area contributed by atoms with Crippen LogP contribution in [0.3, 0.4) is 0 Å². The Morgan fingerprint density at radius 1 is 1.30 bits per heavy atom. The minimum Gasteiger partial charge on any atom is -0.226 e. The van der Waals surface area contributed by atoms with Crippen molar-refractivity contribution in [2.75, 3.05) is 0 Å². The van der Waals surface area contributed by atoms with Crippen molar-refractivity contribution in [2.24, 2.45) is 0 Å². The molecule has 0 amide bonds. The average molecular weight is 132 g/mol. The molecule has 1 aromatic heterocycles. The minimum atomic E-state index is 0.470. The molecule has 0 aliphatic rings. The molecule has 0 aromatic carbocycles. The number of nitrogens with zero attached hydrogens (tertiary/aromatic N) is 2. The van der Waals surface area contributed by atoms with E-state index in [1.807, 2.05) is 19.9 Å². The van der Waals surface area contributed by atoms with Crippen LogP contribution in [0.4, 0.5) is 0 Å². The standard InChI is InChI=1S/C8H8N2/c1-4-8-9-6(2)5-7(3)10-8/h1,5H,2-3H3. The Kier molecular flexibility index (Phi) is 1.68. The van der Waals surface area contributed by atoms with E-state index in [1.165, 1.54) is 0 Å². The smallest absolute Gasteiger partial charge is 0.205 e. The highest BCUT2D eigenvalue weighted by atomic mass is 14.9. The molecule has 0 fully saturated rings. The van der Waals surface area contributed by atoms with Crippen LogP contribution in [0.25, 0.3) is 0 Å². The molecular formula is C8H8N2. The number of terminal acetylenes is 1. The van der Waals surface area contributed by atoms with E-state index in [0.717, 1.165) is 11.4 Å². The van der Waals surface area contributed by atoms with Crippen LogP contribution >= 0.6 is 0 Å². The second-order valence-electron chi connectivity index (χ2n) is 2.12. The topological polar surface area (TPSA) is 25.8 Å². The van der Waals surface area contributed by atoms with Gasteiger partial charge in [-0.2, -0.15) is 0 Å². The van der Waals surface area contributed by atoms with Gasteiger partial charge in [0.1, 0.15) is 0 Å². The third kappa shape index (κ3) is 1.32. The van der Waals surface area contributed by atoms with Crippen LogP contribution in [-0.2, 0) is 0 Å². The van der Waals surface area contributed by atoms with E-state index in [4.69, 9.17) is 6.42 Å². The van der Waals surface area contributed by atoms with Gasteiger partial charge in [-0.05, 0) is 25.8 Å². The first-order chi connectivity index (χ1) is 4.72. The third-order valence-corrected chi connectivity index (χ3v) is 1.11.